The molecule has 0 spiro atoms. The predicted molar refractivity (Wildman–Crippen MR) is 142 cm³/mol. The van der Waals surface area contributed by atoms with Crippen LogP contribution in [0.4, 0.5) is 0 Å². The van der Waals surface area contributed by atoms with Crippen LogP contribution in [0.2, 0.25) is 0 Å². The van der Waals surface area contributed by atoms with E-state index in [0.717, 1.165) is 44.1 Å². The van der Waals surface area contributed by atoms with Gasteiger partial charge in [0.2, 0.25) is 0 Å². The maximum atomic E-state index is 12.7. The Kier molecular flexibility index (Phi) is 9.80. The lowest BCUT2D eigenvalue weighted by Gasteiger charge is -2.28. The minimum Gasteiger partial charge on any atom is -0.459 e. The summed E-state index contributed by atoms with van der Waals surface area (Å²) in [6, 6.07) is 0. The second kappa shape index (κ2) is 13.0. The van der Waals surface area contributed by atoms with Gasteiger partial charge in [-0.2, -0.15) is 0 Å². The molecular formula is C31H44O5. The minimum atomic E-state index is -0.371. The summed E-state index contributed by atoms with van der Waals surface area (Å²) in [5.74, 6) is 0.801. The van der Waals surface area contributed by atoms with Gasteiger partial charge in [0.1, 0.15) is 6.10 Å². The zero-order valence-corrected chi connectivity index (χ0v) is 22.0. The molecule has 3 heterocycles. The number of aliphatic hydroxyl groups excluding tert-OH is 1. The van der Waals surface area contributed by atoms with Gasteiger partial charge in [-0.1, -0.05) is 61.1 Å². The van der Waals surface area contributed by atoms with E-state index in [1.807, 2.05) is 6.08 Å². The Bertz CT molecular complexity index is 883. The van der Waals surface area contributed by atoms with Crippen LogP contribution in [0.15, 0.2) is 60.3 Å². The Hall–Kier alpha value is -1.95. The highest BCUT2D eigenvalue weighted by Gasteiger charge is 2.43. The SMILES string of the molecule is C=C1C[C@H](C)C[C@@H]2CC=C[C@@H](C/C=C\C(=O)O[C@H](C/C=C/[C@@H]3CC(C)=CCO3)C[C@@H]3CC3[C@@H](O)C1)O2. The molecule has 8 atom stereocenters. The number of hydrogen-bond donors (Lipinski definition) is 1. The minimum absolute atomic E-state index is 0.0112. The third kappa shape index (κ3) is 8.57. The molecule has 198 valence electrons. The van der Waals surface area contributed by atoms with Crippen molar-refractivity contribution in [3.63, 3.8) is 0 Å². The molecule has 3 aliphatic heterocycles. The summed E-state index contributed by atoms with van der Waals surface area (Å²) in [4.78, 5) is 12.7. The molecule has 1 saturated carbocycles. The third-order valence-corrected chi connectivity index (χ3v) is 7.87. The Labute approximate surface area is 217 Å². The molecule has 0 aromatic rings. The Morgan fingerprint density at radius 1 is 1.14 bits per heavy atom. The normalized spacial score (nSPS) is 39.5. The number of ether oxygens (including phenoxy) is 3. The van der Waals surface area contributed by atoms with Gasteiger partial charge in [0.05, 0.1) is 31.0 Å². The molecular weight excluding hydrogens is 452 g/mol. The maximum Gasteiger partial charge on any atom is 0.330 e. The number of carbonyl (C=O) groups is 1. The molecule has 0 saturated heterocycles. The summed E-state index contributed by atoms with van der Waals surface area (Å²) >= 11 is 0. The Morgan fingerprint density at radius 3 is 2.83 bits per heavy atom. The summed E-state index contributed by atoms with van der Waals surface area (Å²) in [5.41, 5.74) is 2.47. The highest BCUT2D eigenvalue weighted by molar-refractivity contribution is 5.82. The van der Waals surface area contributed by atoms with Crippen molar-refractivity contribution >= 4 is 5.97 Å². The highest BCUT2D eigenvalue weighted by Crippen LogP contribution is 2.47. The van der Waals surface area contributed by atoms with Crippen LogP contribution in [-0.2, 0) is 19.0 Å². The van der Waals surface area contributed by atoms with Gasteiger partial charge in [0.25, 0.3) is 0 Å². The van der Waals surface area contributed by atoms with Crippen molar-refractivity contribution in [3.8, 4) is 0 Å². The van der Waals surface area contributed by atoms with E-state index in [0.29, 0.717) is 37.7 Å². The van der Waals surface area contributed by atoms with Gasteiger partial charge in [0, 0.05) is 12.5 Å². The molecule has 5 nitrogen and oxygen atoms in total. The van der Waals surface area contributed by atoms with E-state index in [4.69, 9.17) is 14.2 Å². The van der Waals surface area contributed by atoms with Crippen molar-refractivity contribution in [2.75, 3.05) is 6.61 Å². The standard InChI is InChI=1S/C31H44O5/c1-21-13-14-34-26(16-21)9-5-11-28-19-24-20-29(24)30(32)18-23(3)15-22(2)17-27-10-4-7-25(35-27)8-6-12-31(33)36-28/h4-7,9,12-13,22,24-30,32H,3,8,10-11,14-20H2,1-2H3/b9-5+,12-6-/t22-,24+,25-,26+,27-,28+,29?,30-/m0/s1. The molecule has 1 aliphatic carbocycles. The van der Waals surface area contributed by atoms with Crippen LogP contribution in [0, 0.1) is 17.8 Å². The van der Waals surface area contributed by atoms with Gasteiger partial charge >= 0.3 is 5.97 Å². The van der Waals surface area contributed by atoms with E-state index in [1.54, 1.807) is 6.08 Å². The second-order valence-electron chi connectivity index (χ2n) is 11.4. The van der Waals surface area contributed by atoms with Gasteiger partial charge in [0.15, 0.2) is 0 Å². The molecule has 4 aliphatic rings. The summed E-state index contributed by atoms with van der Waals surface area (Å²) in [7, 11) is 0. The van der Waals surface area contributed by atoms with Crippen LogP contribution >= 0.6 is 0 Å². The fraction of sp³-hybridized carbons (Fsp3) is 0.645. The molecule has 5 heteroatoms. The van der Waals surface area contributed by atoms with Crippen molar-refractivity contribution in [1.29, 1.82) is 0 Å². The molecule has 0 aromatic heterocycles. The Balaban J connectivity index is 1.40. The van der Waals surface area contributed by atoms with E-state index >= 15 is 0 Å². The summed E-state index contributed by atoms with van der Waals surface area (Å²) < 4.78 is 17.9. The number of esters is 1. The van der Waals surface area contributed by atoms with Gasteiger partial charge in [-0.15, -0.1) is 0 Å². The number of hydrogen-bond acceptors (Lipinski definition) is 5. The molecule has 1 unspecified atom stereocenters. The first-order valence-corrected chi connectivity index (χ1v) is 13.8. The maximum absolute atomic E-state index is 12.7. The van der Waals surface area contributed by atoms with Crippen molar-refractivity contribution in [2.45, 2.75) is 102 Å². The summed E-state index contributed by atoms with van der Waals surface area (Å²) in [6.45, 7) is 9.30. The van der Waals surface area contributed by atoms with E-state index in [9.17, 15) is 9.90 Å². The van der Waals surface area contributed by atoms with E-state index in [-0.39, 0.29) is 42.4 Å². The Morgan fingerprint density at radius 2 is 2.00 bits per heavy atom. The van der Waals surface area contributed by atoms with Crippen LogP contribution in [0.25, 0.3) is 0 Å². The quantitative estimate of drug-likeness (QED) is 0.383. The molecule has 0 amide bonds. The van der Waals surface area contributed by atoms with Crippen LogP contribution in [0.1, 0.15) is 71.6 Å². The molecule has 36 heavy (non-hydrogen) atoms. The second-order valence-corrected chi connectivity index (χ2v) is 11.4. The van der Waals surface area contributed by atoms with Gasteiger partial charge in [-0.25, -0.2) is 4.79 Å². The number of carbonyl (C=O) groups excluding carboxylic acids is 1. The monoisotopic (exact) mass is 496 g/mol. The fourth-order valence-electron chi connectivity index (χ4n) is 5.90. The topological polar surface area (TPSA) is 65.0 Å². The van der Waals surface area contributed by atoms with Crippen molar-refractivity contribution in [3.05, 3.63) is 60.3 Å². The first kappa shape index (κ1) is 27.1. The van der Waals surface area contributed by atoms with Gasteiger partial charge in [-0.3, -0.25) is 0 Å². The highest BCUT2D eigenvalue weighted by atomic mass is 16.5. The number of aliphatic hydroxyl groups is 1. The van der Waals surface area contributed by atoms with E-state index in [2.05, 4.69) is 50.8 Å². The van der Waals surface area contributed by atoms with Crippen molar-refractivity contribution < 1.29 is 24.1 Å². The third-order valence-electron chi connectivity index (χ3n) is 7.87. The number of fused-ring (bicyclic) bond motifs is 3. The van der Waals surface area contributed by atoms with Crippen molar-refractivity contribution in [2.24, 2.45) is 17.8 Å². The lowest BCUT2D eigenvalue weighted by atomic mass is 9.91. The number of cyclic esters (lactones) is 1. The average molecular weight is 497 g/mol. The van der Waals surface area contributed by atoms with Crippen LogP contribution in [0.3, 0.4) is 0 Å². The molecule has 0 aromatic carbocycles. The lowest BCUT2D eigenvalue weighted by Crippen LogP contribution is -2.26. The first-order valence-electron chi connectivity index (χ1n) is 13.8. The fourth-order valence-corrected chi connectivity index (χ4v) is 5.90. The van der Waals surface area contributed by atoms with Gasteiger partial charge < -0.3 is 19.3 Å². The summed E-state index contributed by atoms with van der Waals surface area (Å²) in [6.07, 6.45) is 21.1. The average Bonchev–Trinajstić information content (AvgIpc) is 3.58. The van der Waals surface area contributed by atoms with Crippen LogP contribution in [-0.4, -0.2) is 48.2 Å². The lowest BCUT2D eigenvalue weighted by molar-refractivity contribution is -0.143. The molecule has 4 rings (SSSR count). The van der Waals surface area contributed by atoms with E-state index < -0.39 is 0 Å². The van der Waals surface area contributed by atoms with Gasteiger partial charge in [-0.05, 0) is 76.0 Å². The molecule has 2 bridgehead atoms. The number of rotatable bonds is 3. The molecule has 1 fully saturated rings. The predicted octanol–water partition coefficient (Wildman–Crippen LogP) is 6.00. The molecule has 1 N–H and O–H groups in total. The smallest absolute Gasteiger partial charge is 0.330 e. The van der Waals surface area contributed by atoms with E-state index in [1.165, 1.54) is 5.57 Å². The first-order chi connectivity index (χ1) is 17.4. The molecule has 0 radical (unpaired) electrons. The van der Waals surface area contributed by atoms with Crippen LogP contribution in [0.5, 0.6) is 0 Å². The zero-order valence-electron chi connectivity index (χ0n) is 22.0. The van der Waals surface area contributed by atoms with Crippen molar-refractivity contribution in [1.82, 2.24) is 0 Å². The largest absolute Gasteiger partial charge is 0.459 e. The summed E-state index contributed by atoms with van der Waals surface area (Å²) in [5, 5.41) is 10.9. The van der Waals surface area contributed by atoms with Crippen LogP contribution < -0.4 is 0 Å². The zero-order chi connectivity index (χ0) is 25.5.